The molecule has 1 saturated heterocycles. The lowest BCUT2D eigenvalue weighted by molar-refractivity contribution is -0.119. The van der Waals surface area contributed by atoms with Crippen molar-refractivity contribution in [1.82, 2.24) is 0 Å². The lowest BCUT2D eigenvalue weighted by Crippen LogP contribution is -2.49. The number of amides is 1. The third-order valence-corrected chi connectivity index (χ3v) is 4.40. The molecule has 1 rings (SSSR count). The number of primary amides is 1. The van der Waals surface area contributed by atoms with Crippen molar-refractivity contribution in [1.29, 1.82) is 0 Å². The molecule has 0 aliphatic carbocycles. The van der Waals surface area contributed by atoms with Gasteiger partial charge < -0.3 is 19.8 Å². The second-order valence-electron chi connectivity index (χ2n) is 3.95. The van der Waals surface area contributed by atoms with E-state index in [1.165, 1.54) is 0 Å². The van der Waals surface area contributed by atoms with Gasteiger partial charge in [-0.05, 0) is 25.0 Å². The number of hydrogen-bond acceptors (Lipinski definition) is 4. The van der Waals surface area contributed by atoms with E-state index in [-0.39, 0.29) is 11.9 Å². The zero-order chi connectivity index (χ0) is 11.5. The van der Waals surface area contributed by atoms with Crippen LogP contribution in [0.15, 0.2) is 0 Å². The van der Waals surface area contributed by atoms with E-state index in [1.807, 2.05) is 0 Å². The summed E-state index contributed by atoms with van der Waals surface area (Å²) in [6, 6.07) is 0. The number of nitrogens with two attached hydrogens (primary N) is 1. The average Bonchev–Trinajstić information content (AvgIpc) is 2.18. The summed E-state index contributed by atoms with van der Waals surface area (Å²) < 4.78 is 21.4. The Morgan fingerprint density at radius 2 is 2.27 bits per heavy atom. The van der Waals surface area contributed by atoms with Gasteiger partial charge in [0.1, 0.15) is 11.9 Å². The van der Waals surface area contributed by atoms with Gasteiger partial charge in [0.2, 0.25) is 0 Å². The minimum absolute atomic E-state index is 0.196. The molecule has 0 aromatic heterocycles. The van der Waals surface area contributed by atoms with Crippen LogP contribution in [0.1, 0.15) is 13.8 Å². The van der Waals surface area contributed by atoms with Crippen LogP contribution in [-0.4, -0.2) is 46.9 Å². The van der Waals surface area contributed by atoms with E-state index < -0.39 is 21.8 Å². The highest BCUT2D eigenvalue weighted by atomic mass is 32.2. The maximum absolute atomic E-state index is 11.8. The van der Waals surface area contributed by atoms with Crippen molar-refractivity contribution in [2.45, 2.75) is 24.7 Å². The highest BCUT2D eigenvalue weighted by Crippen LogP contribution is 2.19. The number of carbonyl (C=O) groups is 1. The van der Waals surface area contributed by atoms with Gasteiger partial charge in [0.25, 0.3) is 5.91 Å². The lowest BCUT2D eigenvalue weighted by Gasteiger charge is -2.30. The summed E-state index contributed by atoms with van der Waals surface area (Å²) in [5, 5.41) is 0. The minimum atomic E-state index is -1.34. The molecule has 5 nitrogen and oxygen atoms in total. The lowest BCUT2D eigenvalue weighted by atomic mass is 10.2. The molecule has 88 valence electrons. The van der Waals surface area contributed by atoms with Gasteiger partial charge in [-0.15, -0.1) is 0 Å². The highest BCUT2D eigenvalue weighted by Gasteiger charge is 2.40. The highest BCUT2D eigenvalue weighted by molar-refractivity contribution is 7.93. The molecule has 1 heterocycles. The predicted octanol–water partition coefficient (Wildman–Crippen LogP) is -0.586. The summed E-state index contributed by atoms with van der Waals surface area (Å²) in [5.74, 6) is -0.270. The smallest absolute Gasteiger partial charge is 0.273 e. The van der Waals surface area contributed by atoms with E-state index in [1.54, 1.807) is 13.8 Å². The molecule has 0 aromatic rings. The van der Waals surface area contributed by atoms with Crippen LogP contribution in [0.2, 0.25) is 0 Å². The van der Waals surface area contributed by atoms with E-state index in [0.717, 1.165) is 0 Å². The second-order valence-corrected chi connectivity index (χ2v) is 6.00. The molecule has 6 heteroatoms. The van der Waals surface area contributed by atoms with E-state index in [4.69, 9.17) is 15.2 Å². The SMILES string of the molecule is CC(C)(C(N)=O)[S+]([O-])C[C@H]1COCCO1. The van der Waals surface area contributed by atoms with Crippen molar-refractivity contribution in [3.8, 4) is 0 Å². The van der Waals surface area contributed by atoms with Crippen LogP contribution in [0.5, 0.6) is 0 Å². The predicted molar refractivity (Wildman–Crippen MR) is 56.8 cm³/mol. The van der Waals surface area contributed by atoms with Gasteiger partial charge >= 0.3 is 0 Å². The van der Waals surface area contributed by atoms with E-state index in [0.29, 0.717) is 19.8 Å². The zero-order valence-corrected chi connectivity index (χ0v) is 9.84. The fourth-order valence-electron chi connectivity index (χ4n) is 1.12. The molecule has 2 N–H and O–H groups in total. The van der Waals surface area contributed by atoms with Crippen molar-refractivity contribution in [2.24, 2.45) is 5.73 Å². The van der Waals surface area contributed by atoms with Crippen molar-refractivity contribution in [3.05, 3.63) is 0 Å². The molecule has 0 aromatic carbocycles. The third-order valence-electron chi connectivity index (χ3n) is 2.38. The normalized spacial score (nSPS) is 24.9. The largest absolute Gasteiger partial charge is 0.615 e. The van der Waals surface area contributed by atoms with Crippen LogP contribution in [0.3, 0.4) is 0 Å². The Hall–Kier alpha value is -0.300. The Morgan fingerprint density at radius 1 is 1.60 bits per heavy atom. The van der Waals surface area contributed by atoms with Crippen LogP contribution < -0.4 is 5.73 Å². The summed E-state index contributed by atoms with van der Waals surface area (Å²) in [6.45, 7) is 4.67. The topological polar surface area (TPSA) is 84.6 Å². The molecule has 0 bridgehead atoms. The molecule has 2 atom stereocenters. The first-order valence-corrected chi connectivity index (χ1v) is 6.14. The quantitative estimate of drug-likeness (QED) is 0.660. The van der Waals surface area contributed by atoms with Crippen LogP contribution in [0.4, 0.5) is 0 Å². The molecular formula is C9H17NO4S. The first-order valence-electron chi connectivity index (χ1n) is 4.82. The van der Waals surface area contributed by atoms with Crippen LogP contribution >= 0.6 is 0 Å². The van der Waals surface area contributed by atoms with Gasteiger partial charge in [0, 0.05) is 0 Å². The Morgan fingerprint density at radius 3 is 2.73 bits per heavy atom. The number of carbonyl (C=O) groups excluding carboxylic acids is 1. The zero-order valence-electron chi connectivity index (χ0n) is 9.02. The standard InChI is InChI=1S/C9H17NO4S/c1-9(2,8(10)11)15(12)6-7-5-13-3-4-14-7/h7H,3-6H2,1-2H3,(H2,10,11)/t7-,15?/m1/s1. The van der Waals surface area contributed by atoms with Crippen molar-refractivity contribution < 1.29 is 18.8 Å². The van der Waals surface area contributed by atoms with E-state index in [9.17, 15) is 9.35 Å². The first-order chi connectivity index (χ1) is 6.94. The molecule has 1 fully saturated rings. The molecule has 15 heavy (non-hydrogen) atoms. The van der Waals surface area contributed by atoms with Crippen molar-refractivity contribution in [2.75, 3.05) is 25.6 Å². The summed E-state index contributed by atoms with van der Waals surface area (Å²) >= 11 is -1.34. The number of rotatable bonds is 4. The second kappa shape index (κ2) is 5.16. The van der Waals surface area contributed by atoms with Gasteiger partial charge in [-0.1, -0.05) is 0 Å². The number of hydrogen-bond donors (Lipinski definition) is 1. The van der Waals surface area contributed by atoms with Crippen LogP contribution in [0, 0.1) is 0 Å². The molecule has 1 amide bonds. The molecule has 1 aliphatic rings. The summed E-state index contributed by atoms with van der Waals surface area (Å²) in [5.41, 5.74) is 5.17. The molecule has 0 radical (unpaired) electrons. The monoisotopic (exact) mass is 235 g/mol. The average molecular weight is 235 g/mol. The van der Waals surface area contributed by atoms with Crippen molar-refractivity contribution in [3.63, 3.8) is 0 Å². The number of ether oxygens (including phenoxy) is 2. The van der Waals surface area contributed by atoms with Crippen LogP contribution in [-0.2, 0) is 25.4 Å². The molecule has 1 aliphatic heterocycles. The van der Waals surface area contributed by atoms with Gasteiger partial charge in [-0.2, -0.15) is 0 Å². The molecule has 0 saturated carbocycles. The van der Waals surface area contributed by atoms with E-state index >= 15 is 0 Å². The van der Waals surface area contributed by atoms with Gasteiger partial charge in [-0.25, -0.2) is 0 Å². The van der Waals surface area contributed by atoms with Crippen molar-refractivity contribution >= 4 is 17.1 Å². The summed E-state index contributed by atoms with van der Waals surface area (Å²) in [7, 11) is 0. The maximum Gasteiger partial charge on any atom is 0.273 e. The Bertz CT molecular complexity index is 228. The van der Waals surface area contributed by atoms with Gasteiger partial charge in [0.05, 0.1) is 19.8 Å². The van der Waals surface area contributed by atoms with Gasteiger partial charge in [-0.3, -0.25) is 4.79 Å². The third kappa shape index (κ3) is 3.34. The fraction of sp³-hybridized carbons (Fsp3) is 0.889. The first kappa shape index (κ1) is 12.8. The summed E-state index contributed by atoms with van der Waals surface area (Å²) in [6.07, 6.45) is -0.196. The Labute approximate surface area is 92.5 Å². The fourth-order valence-corrected chi connectivity index (χ4v) is 2.29. The molecule has 1 unspecified atom stereocenters. The minimum Gasteiger partial charge on any atom is -0.615 e. The Balaban J connectivity index is 2.46. The van der Waals surface area contributed by atoms with E-state index in [2.05, 4.69) is 0 Å². The summed E-state index contributed by atoms with van der Waals surface area (Å²) in [4.78, 5) is 11.1. The van der Waals surface area contributed by atoms with Gasteiger partial charge in [0.15, 0.2) is 4.75 Å². The molecule has 0 spiro atoms. The maximum atomic E-state index is 11.8. The van der Waals surface area contributed by atoms with Crippen LogP contribution in [0.25, 0.3) is 0 Å². The Kier molecular flexibility index (Phi) is 4.39. The molecular weight excluding hydrogens is 218 g/mol.